The molecule has 1 heterocycles. The van der Waals surface area contributed by atoms with E-state index in [1.165, 1.54) is 24.2 Å². The molecule has 0 atom stereocenters. The minimum absolute atomic E-state index is 0.168. The van der Waals surface area contributed by atoms with Gasteiger partial charge in [0.15, 0.2) is 0 Å². The maximum absolute atomic E-state index is 12.3. The van der Waals surface area contributed by atoms with E-state index in [0.29, 0.717) is 17.1 Å². The molecular formula is C17H18N6O4S. The van der Waals surface area contributed by atoms with Crippen molar-refractivity contribution >= 4 is 27.3 Å². The Morgan fingerprint density at radius 1 is 1.18 bits per heavy atom. The van der Waals surface area contributed by atoms with Crippen LogP contribution in [0.15, 0.2) is 48.8 Å². The summed E-state index contributed by atoms with van der Waals surface area (Å²) < 4.78 is 31.8. The topological polar surface area (TPSA) is 128 Å². The third kappa shape index (κ3) is 5.04. The van der Waals surface area contributed by atoms with Crippen molar-refractivity contribution in [3.63, 3.8) is 0 Å². The average Bonchev–Trinajstić information content (AvgIpc) is 3.17. The number of hydrogen-bond donors (Lipinski definition) is 2. The van der Waals surface area contributed by atoms with Crippen molar-refractivity contribution in [3.8, 4) is 11.4 Å². The molecule has 0 bridgehead atoms. The fraction of sp³-hybridized carbons (Fsp3) is 0.176. The fourth-order valence-corrected chi connectivity index (χ4v) is 3.06. The maximum atomic E-state index is 12.3. The number of methoxy groups -OCH3 is 1. The van der Waals surface area contributed by atoms with Crippen molar-refractivity contribution in [1.29, 1.82) is 0 Å². The molecule has 1 aromatic heterocycles. The smallest absolute Gasteiger partial charge is 0.229 e. The Labute approximate surface area is 161 Å². The van der Waals surface area contributed by atoms with Gasteiger partial charge >= 0.3 is 0 Å². The molecule has 0 saturated heterocycles. The van der Waals surface area contributed by atoms with E-state index >= 15 is 0 Å². The zero-order chi connectivity index (χ0) is 20.1. The number of carbonyl (C=O) groups excluding carboxylic acids is 1. The summed E-state index contributed by atoms with van der Waals surface area (Å²) in [5, 5.41) is 13.7. The van der Waals surface area contributed by atoms with Gasteiger partial charge < -0.3 is 10.1 Å². The number of benzene rings is 2. The van der Waals surface area contributed by atoms with Crippen LogP contribution in [0.2, 0.25) is 0 Å². The van der Waals surface area contributed by atoms with Gasteiger partial charge in [0.2, 0.25) is 15.9 Å². The van der Waals surface area contributed by atoms with Gasteiger partial charge in [-0.15, -0.1) is 5.10 Å². The molecule has 0 aliphatic carbocycles. The third-order valence-electron chi connectivity index (χ3n) is 3.70. The minimum Gasteiger partial charge on any atom is -0.494 e. The van der Waals surface area contributed by atoms with Gasteiger partial charge in [-0.2, -0.15) is 0 Å². The predicted octanol–water partition coefficient (Wildman–Crippen LogP) is 1.22. The summed E-state index contributed by atoms with van der Waals surface area (Å²) in [4.78, 5) is 12.3. The SMILES string of the molecule is COc1cc(NC(=O)Cc2ccc(-n3cnnn3)cc2)ccc1NS(C)(=O)=O. The van der Waals surface area contributed by atoms with Crippen LogP contribution in [0.1, 0.15) is 5.56 Å². The highest BCUT2D eigenvalue weighted by atomic mass is 32.2. The third-order valence-corrected chi connectivity index (χ3v) is 4.29. The van der Waals surface area contributed by atoms with E-state index in [4.69, 9.17) is 4.74 Å². The van der Waals surface area contributed by atoms with Crippen molar-refractivity contribution in [1.82, 2.24) is 20.2 Å². The highest BCUT2D eigenvalue weighted by Gasteiger charge is 2.11. The van der Waals surface area contributed by atoms with Crippen LogP contribution in [0.4, 0.5) is 11.4 Å². The number of aromatic nitrogens is 4. The Hall–Kier alpha value is -3.47. The van der Waals surface area contributed by atoms with E-state index in [1.807, 2.05) is 24.3 Å². The van der Waals surface area contributed by atoms with Crippen LogP contribution in [0.25, 0.3) is 5.69 Å². The number of tetrazole rings is 1. The Kier molecular flexibility index (Phi) is 5.54. The first kappa shape index (κ1) is 19.3. The van der Waals surface area contributed by atoms with Crippen LogP contribution in [0.5, 0.6) is 5.75 Å². The molecular weight excluding hydrogens is 384 g/mol. The summed E-state index contributed by atoms with van der Waals surface area (Å²) in [6, 6.07) is 11.9. The van der Waals surface area contributed by atoms with Gasteiger partial charge in [0, 0.05) is 11.8 Å². The Morgan fingerprint density at radius 3 is 2.54 bits per heavy atom. The summed E-state index contributed by atoms with van der Waals surface area (Å²) in [5.41, 5.74) is 2.39. The molecule has 146 valence electrons. The second kappa shape index (κ2) is 8.05. The van der Waals surface area contributed by atoms with E-state index in [0.717, 1.165) is 17.5 Å². The number of amides is 1. The first-order chi connectivity index (χ1) is 13.3. The molecule has 3 rings (SSSR count). The second-order valence-corrected chi connectivity index (χ2v) is 7.68. The van der Waals surface area contributed by atoms with Crippen molar-refractivity contribution < 1.29 is 17.9 Å². The lowest BCUT2D eigenvalue weighted by Gasteiger charge is -2.12. The average molecular weight is 402 g/mol. The first-order valence-corrected chi connectivity index (χ1v) is 10.0. The molecule has 0 saturated carbocycles. The van der Waals surface area contributed by atoms with Crippen molar-refractivity contribution in [2.24, 2.45) is 0 Å². The molecule has 3 aromatic rings. The van der Waals surface area contributed by atoms with Crippen molar-refractivity contribution in [2.75, 3.05) is 23.4 Å². The highest BCUT2D eigenvalue weighted by Crippen LogP contribution is 2.28. The Morgan fingerprint density at radius 2 is 1.93 bits per heavy atom. The monoisotopic (exact) mass is 402 g/mol. The van der Waals surface area contributed by atoms with Gasteiger partial charge in [0.05, 0.1) is 31.2 Å². The molecule has 0 spiro atoms. The first-order valence-electron chi connectivity index (χ1n) is 8.12. The quantitative estimate of drug-likeness (QED) is 0.608. The Balaban J connectivity index is 1.66. The molecule has 0 fully saturated rings. The van der Waals surface area contributed by atoms with Crippen LogP contribution >= 0.6 is 0 Å². The summed E-state index contributed by atoms with van der Waals surface area (Å²) in [6.45, 7) is 0. The molecule has 1 amide bonds. The lowest BCUT2D eigenvalue weighted by atomic mass is 10.1. The van der Waals surface area contributed by atoms with Crippen LogP contribution in [-0.2, 0) is 21.2 Å². The molecule has 0 aliphatic heterocycles. The molecule has 2 aromatic carbocycles. The van der Waals surface area contributed by atoms with Crippen LogP contribution < -0.4 is 14.8 Å². The lowest BCUT2D eigenvalue weighted by molar-refractivity contribution is -0.115. The predicted molar refractivity (Wildman–Crippen MR) is 103 cm³/mol. The van der Waals surface area contributed by atoms with Crippen LogP contribution in [0.3, 0.4) is 0 Å². The molecule has 0 unspecified atom stereocenters. The number of anilines is 2. The molecule has 0 aliphatic rings. The number of rotatable bonds is 7. The number of hydrogen-bond acceptors (Lipinski definition) is 7. The normalized spacial score (nSPS) is 11.1. The van der Waals surface area contributed by atoms with Crippen LogP contribution in [0, 0.1) is 0 Å². The van der Waals surface area contributed by atoms with E-state index in [1.54, 1.807) is 12.1 Å². The van der Waals surface area contributed by atoms with Crippen LogP contribution in [-0.4, -0.2) is 47.9 Å². The zero-order valence-electron chi connectivity index (χ0n) is 15.2. The molecule has 11 heteroatoms. The highest BCUT2D eigenvalue weighted by molar-refractivity contribution is 7.92. The standard InChI is InChI=1S/C17H18N6O4S/c1-27-16-10-13(5-8-15(16)20-28(2,25)26)19-17(24)9-12-3-6-14(7-4-12)23-11-18-21-22-23/h3-8,10-11,20H,9H2,1-2H3,(H,19,24). The fourth-order valence-electron chi connectivity index (χ4n) is 2.49. The van der Waals surface area contributed by atoms with Gasteiger partial charge in [0.25, 0.3) is 0 Å². The summed E-state index contributed by atoms with van der Waals surface area (Å²) in [7, 11) is -2.02. The van der Waals surface area contributed by atoms with Crippen molar-refractivity contribution in [3.05, 3.63) is 54.4 Å². The maximum Gasteiger partial charge on any atom is 0.229 e. The van der Waals surface area contributed by atoms with E-state index in [-0.39, 0.29) is 12.3 Å². The summed E-state index contributed by atoms with van der Waals surface area (Å²) in [5.74, 6) is 0.0788. The second-order valence-electron chi connectivity index (χ2n) is 5.94. The molecule has 10 nitrogen and oxygen atoms in total. The number of sulfonamides is 1. The van der Waals surface area contributed by atoms with Gasteiger partial charge in [-0.1, -0.05) is 12.1 Å². The van der Waals surface area contributed by atoms with Gasteiger partial charge in [-0.05, 0) is 40.3 Å². The van der Waals surface area contributed by atoms with Gasteiger partial charge in [-0.3, -0.25) is 9.52 Å². The molecule has 0 radical (unpaired) electrons. The zero-order valence-corrected chi connectivity index (χ0v) is 16.0. The Bertz CT molecular complexity index is 1070. The number of ether oxygens (including phenoxy) is 1. The minimum atomic E-state index is -3.44. The van der Waals surface area contributed by atoms with Gasteiger partial charge in [-0.25, -0.2) is 13.1 Å². The van der Waals surface area contributed by atoms with E-state index in [9.17, 15) is 13.2 Å². The number of nitrogens with zero attached hydrogens (tertiary/aromatic N) is 4. The number of nitrogens with one attached hydrogen (secondary N) is 2. The lowest BCUT2D eigenvalue weighted by Crippen LogP contribution is -2.15. The molecule has 2 N–H and O–H groups in total. The van der Waals surface area contributed by atoms with Crippen molar-refractivity contribution in [2.45, 2.75) is 6.42 Å². The molecule has 28 heavy (non-hydrogen) atoms. The van der Waals surface area contributed by atoms with E-state index < -0.39 is 10.0 Å². The van der Waals surface area contributed by atoms with E-state index in [2.05, 4.69) is 25.6 Å². The largest absolute Gasteiger partial charge is 0.494 e. The summed E-state index contributed by atoms with van der Waals surface area (Å²) in [6.07, 6.45) is 2.70. The number of carbonyl (C=O) groups is 1. The summed E-state index contributed by atoms with van der Waals surface area (Å²) >= 11 is 0. The van der Waals surface area contributed by atoms with Gasteiger partial charge in [0.1, 0.15) is 12.1 Å².